The van der Waals surface area contributed by atoms with E-state index >= 15 is 0 Å². The van der Waals surface area contributed by atoms with Gasteiger partial charge in [-0.05, 0) is 43.2 Å². The third kappa shape index (κ3) is 2.45. The highest BCUT2D eigenvalue weighted by atomic mass is 16.4. The second-order valence-corrected chi connectivity index (χ2v) is 5.01. The molecule has 1 heterocycles. The number of hydrogen-bond acceptors (Lipinski definition) is 3. The third-order valence-electron chi connectivity index (χ3n) is 3.45. The molecule has 0 atom stereocenters. The lowest BCUT2D eigenvalue weighted by molar-refractivity contribution is 0.0697. The Morgan fingerprint density at radius 2 is 1.90 bits per heavy atom. The molecular formula is C16H15N3O2. The van der Waals surface area contributed by atoms with Crippen LogP contribution < -0.4 is 5.32 Å². The molecule has 5 heteroatoms. The fourth-order valence-electron chi connectivity index (χ4n) is 2.33. The molecule has 0 bridgehead atoms. The Morgan fingerprint density at radius 1 is 1.19 bits per heavy atom. The lowest BCUT2D eigenvalue weighted by Gasteiger charge is -2.09. The lowest BCUT2D eigenvalue weighted by Crippen LogP contribution is -1.97. The monoisotopic (exact) mass is 281 g/mol. The van der Waals surface area contributed by atoms with Crippen LogP contribution in [-0.4, -0.2) is 21.0 Å². The van der Waals surface area contributed by atoms with Gasteiger partial charge in [0.1, 0.15) is 0 Å². The molecule has 0 aliphatic heterocycles. The Morgan fingerprint density at radius 3 is 2.57 bits per heavy atom. The fraction of sp³-hybridized carbons (Fsp3) is 0.125. The van der Waals surface area contributed by atoms with Crippen molar-refractivity contribution in [2.75, 3.05) is 5.32 Å². The minimum Gasteiger partial charge on any atom is -0.478 e. The summed E-state index contributed by atoms with van der Waals surface area (Å²) in [5, 5.41) is 12.3. The molecule has 0 fully saturated rings. The molecule has 0 radical (unpaired) electrons. The van der Waals surface area contributed by atoms with E-state index in [0.29, 0.717) is 11.5 Å². The van der Waals surface area contributed by atoms with Gasteiger partial charge in [0.2, 0.25) is 5.95 Å². The summed E-state index contributed by atoms with van der Waals surface area (Å²) < 4.78 is 0. The largest absolute Gasteiger partial charge is 0.478 e. The topological polar surface area (TPSA) is 78.0 Å². The van der Waals surface area contributed by atoms with Crippen LogP contribution in [0.4, 0.5) is 11.6 Å². The Labute approximate surface area is 121 Å². The number of carboxylic acid groups (broad SMARTS) is 1. The fourth-order valence-corrected chi connectivity index (χ4v) is 2.33. The molecule has 0 aliphatic carbocycles. The molecule has 106 valence electrons. The second-order valence-electron chi connectivity index (χ2n) is 5.01. The van der Waals surface area contributed by atoms with Gasteiger partial charge in [0.05, 0.1) is 16.6 Å². The number of aromatic carboxylic acids is 1. The maximum Gasteiger partial charge on any atom is 0.335 e. The maximum atomic E-state index is 11.0. The smallest absolute Gasteiger partial charge is 0.335 e. The number of hydrogen-bond donors (Lipinski definition) is 3. The number of benzene rings is 2. The van der Waals surface area contributed by atoms with Crippen molar-refractivity contribution in [3.05, 3.63) is 53.1 Å². The summed E-state index contributed by atoms with van der Waals surface area (Å²) in [6, 6.07) is 10.9. The van der Waals surface area contributed by atoms with Crippen LogP contribution in [0.25, 0.3) is 11.0 Å². The number of rotatable bonds is 3. The van der Waals surface area contributed by atoms with Crippen molar-refractivity contribution in [3.8, 4) is 0 Å². The van der Waals surface area contributed by atoms with Gasteiger partial charge < -0.3 is 15.4 Å². The van der Waals surface area contributed by atoms with E-state index in [-0.39, 0.29) is 5.56 Å². The van der Waals surface area contributed by atoms with Gasteiger partial charge >= 0.3 is 5.97 Å². The number of aromatic amines is 1. The van der Waals surface area contributed by atoms with Crippen LogP contribution in [0.15, 0.2) is 36.4 Å². The first-order valence-electron chi connectivity index (χ1n) is 6.61. The van der Waals surface area contributed by atoms with Gasteiger partial charge in [0.25, 0.3) is 0 Å². The van der Waals surface area contributed by atoms with Gasteiger partial charge in [0, 0.05) is 5.69 Å². The summed E-state index contributed by atoms with van der Waals surface area (Å²) in [6.07, 6.45) is 0. The second kappa shape index (κ2) is 4.94. The standard InChI is InChI=1S/C16H15N3O2/c1-9-4-3-5-10(2)14(9)19-16-17-12-7-6-11(15(20)21)8-13(12)18-16/h3-8H,1-2H3,(H,20,21)(H2,17,18,19). The average Bonchev–Trinajstić information content (AvgIpc) is 2.84. The van der Waals surface area contributed by atoms with Crippen LogP contribution in [0.3, 0.4) is 0 Å². The van der Waals surface area contributed by atoms with Crippen molar-refractivity contribution in [1.82, 2.24) is 9.97 Å². The van der Waals surface area contributed by atoms with E-state index in [1.165, 1.54) is 0 Å². The van der Waals surface area contributed by atoms with E-state index in [4.69, 9.17) is 5.11 Å². The zero-order valence-corrected chi connectivity index (χ0v) is 11.8. The molecule has 3 aromatic rings. The van der Waals surface area contributed by atoms with E-state index in [1.807, 2.05) is 32.0 Å². The van der Waals surface area contributed by atoms with Gasteiger partial charge in [-0.3, -0.25) is 0 Å². The summed E-state index contributed by atoms with van der Waals surface area (Å²) in [7, 11) is 0. The van der Waals surface area contributed by atoms with Crippen molar-refractivity contribution < 1.29 is 9.90 Å². The van der Waals surface area contributed by atoms with Crippen LogP contribution in [0.5, 0.6) is 0 Å². The van der Waals surface area contributed by atoms with E-state index in [2.05, 4.69) is 15.3 Å². The molecule has 0 amide bonds. The number of nitrogens with zero attached hydrogens (tertiary/aromatic N) is 1. The first-order valence-corrected chi connectivity index (χ1v) is 6.61. The number of aryl methyl sites for hydroxylation is 2. The number of fused-ring (bicyclic) bond motifs is 1. The summed E-state index contributed by atoms with van der Waals surface area (Å²) in [6.45, 7) is 4.06. The molecule has 1 aromatic heterocycles. The SMILES string of the molecule is Cc1cccc(C)c1Nc1nc2ccc(C(=O)O)cc2[nH]1. The van der Waals surface area contributed by atoms with E-state index in [0.717, 1.165) is 22.3 Å². The van der Waals surface area contributed by atoms with E-state index in [9.17, 15) is 4.79 Å². The molecule has 0 unspecified atom stereocenters. The Bertz CT molecular complexity index is 816. The molecule has 2 aromatic carbocycles. The van der Waals surface area contributed by atoms with Crippen LogP contribution in [-0.2, 0) is 0 Å². The average molecular weight is 281 g/mol. The number of carboxylic acids is 1. The number of para-hydroxylation sites is 1. The number of anilines is 2. The highest BCUT2D eigenvalue weighted by Gasteiger charge is 2.09. The molecule has 0 aliphatic rings. The zero-order valence-electron chi connectivity index (χ0n) is 11.8. The Balaban J connectivity index is 2.00. The zero-order chi connectivity index (χ0) is 15.0. The predicted octanol–water partition coefficient (Wildman–Crippen LogP) is 3.62. The lowest BCUT2D eigenvalue weighted by atomic mass is 10.1. The first-order chi connectivity index (χ1) is 10.0. The summed E-state index contributed by atoms with van der Waals surface area (Å²) in [5.74, 6) is -0.347. The highest BCUT2D eigenvalue weighted by molar-refractivity contribution is 5.92. The maximum absolute atomic E-state index is 11.0. The van der Waals surface area contributed by atoms with Crippen LogP contribution >= 0.6 is 0 Å². The summed E-state index contributed by atoms with van der Waals surface area (Å²) in [5.41, 5.74) is 4.93. The van der Waals surface area contributed by atoms with Crippen LogP contribution in [0.2, 0.25) is 0 Å². The Hall–Kier alpha value is -2.82. The number of nitrogens with one attached hydrogen (secondary N) is 2. The number of imidazole rings is 1. The Kier molecular flexibility index (Phi) is 3.10. The molecule has 0 saturated heterocycles. The first kappa shape index (κ1) is 13.2. The van der Waals surface area contributed by atoms with Crippen molar-refractivity contribution in [2.24, 2.45) is 0 Å². The minimum absolute atomic E-state index is 0.241. The number of aromatic nitrogens is 2. The van der Waals surface area contributed by atoms with Crippen molar-refractivity contribution in [2.45, 2.75) is 13.8 Å². The van der Waals surface area contributed by atoms with Gasteiger partial charge in [-0.15, -0.1) is 0 Å². The molecular weight excluding hydrogens is 266 g/mol. The van der Waals surface area contributed by atoms with Crippen LogP contribution in [0, 0.1) is 13.8 Å². The molecule has 21 heavy (non-hydrogen) atoms. The predicted molar refractivity (Wildman–Crippen MR) is 82.3 cm³/mol. The van der Waals surface area contributed by atoms with E-state index in [1.54, 1.807) is 18.2 Å². The van der Waals surface area contributed by atoms with Gasteiger partial charge in [0.15, 0.2) is 0 Å². The van der Waals surface area contributed by atoms with Gasteiger partial charge in [-0.2, -0.15) is 0 Å². The quantitative estimate of drug-likeness (QED) is 0.685. The summed E-state index contributed by atoms with van der Waals surface area (Å²) >= 11 is 0. The molecule has 3 N–H and O–H groups in total. The highest BCUT2D eigenvalue weighted by Crippen LogP contribution is 2.24. The minimum atomic E-state index is -0.948. The van der Waals surface area contributed by atoms with Gasteiger partial charge in [-0.1, -0.05) is 18.2 Å². The molecule has 0 spiro atoms. The number of H-pyrrole nitrogens is 1. The normalized spacial score (nSPS) is 10.8. The molecule has 3 rings (SSSR count). The third-order valence-corrected chi connectivity index (χ3v) is 3.45. The molecule has 5 nitrogen and oxygen atoms in total. The summed E-state index contributed by atoms with van der Waals surface area (Å²) in [4.78, 5) is 18.5. The van der Waals surface area contributed by atoms with Crippen LogP contribution in [0.1, 0.15) is 21.5 Å². The van der Waals surface area contributed by atoms with Gasteiger partial charge in [-0.25, -0.2) is 9.78 Å². The number of carbonyl (C=O) groups is 1. The van der Waals surface area contributed by atoms with Crippen molar-refractivity contribution >= 4 is 28.6 Å². The van der Waals surface area contributed by atoms with Crippen molar-refractivity contribution in [1.29, 1.82) is 0 Å². The van der Waals surface area contributed by atoms with Crippen molar-refractivity contribution in [3.63, 3.8) is 0 Å². The molecule has 0 saturated carbocycles. The van der Waals surface area contributed by atoms with E-state index < -0.39 is 5.97 Å².